The maximum absolute atomic E-state index is 11.9. The van der Waals surface area contributed by atoms with E-state index in [0.29, 0.717) is 17.1 Å². The third kappa shape index (κ3) is 7.48. The molecule has 0 saturated heterocycles. The number of rotatable bonds is 9. The maximum atomic E-state index is 11.9. The number of nitrogens with zero attached hydrogens (tertiary/aromatic N) is 1. The zero-order valence-corrected chi connectivity index (χ0v) is 17.8. The van der Waals surface area contributed by atoms with Gasteiger partial charge in [-0.15, -0.1) is 6.42 Å². The third-order valence-corrected chi connectivity index (χ3v) is 4.02. The van der Waals surface area contributed by atoms with Crippen LogP contribution in [0.25, 0.3) is 0 Å². The number of nitrogens with one attached hydrogen (secondary N) is 2. The number of carbonyl (C=O) groups is 2. The number of halogens is 1. The quantitative estimate of drug-likeness (QED) is 0.331. The Morgan fingerprint density at radius 1 is 1.27 bits per heavy atom. The number of hydrazone groups is 1. The van der Waals surface area contributed by atoms with E-state index >= 15 is 0 Å². The molecule has 0 aromatic heterocycles. The molecule has 0 spiro atoms. The van der Waals surface area contributed by atoms with Gasteiger partial charge in [-0.3, -0.25) is 4.79 Å². The van der Waals surface area contributed by atoms with Crippen LogP contribution in [0.1, 0.15) is 11.1 Å². The highest BCUT2D eigenvalue weighted by atomic mass is 79.9. The number of carbonyl (C=O) groups excluding carboxylic acids is 2. The molecule has 0 unspecified atom stereocenters. The topological polar surface area (TPSA) is 98.2 Å². The van der Waals surface area contributed by atoms with Crippen molar-refractivity contribution in [3.05, 3.63) is 58.1 Å². The van der Waals surface area contributed by atoms with Crippen molar-refractivity contribution in [1.29, 1.82) is 0 Å². The van der Waals surface area contributed by atoms with Crippen molar-refractivity contribution in [2.75, 3.05) is 20.3 Å². The molecule has 0 saturated carbocycles. The molecule has 0 aliphatic rings. The number of hydrogen-bond acceptors (Lipinski definition) is 6. The zero-order chi connectivity index (χ0) is 21.8. The van der Waals surface area contributed by atoms with E-state index < -0.39 is 12.0 Å². The minimum Gasteiger partial charge on any atom is -0.493 e. The predicted octanol–water partition coefficient (Wildman–Crippen LogP) is 2.85. The van der Waals surface area contributed by atoms with Crippen LogP contribution in [0.15, 0.2) is 52.0 Å². The summed E-state index contributed by atoms with van der Waals surface area (Å²) in [4.78, 5) is 23.5. The van der Waals surface area contributed by atoms with Crippen molar-refractivity contribution >= 4 is 34.1 Å². The highest BCUT2D eigenvalue weighted by molar-refractivity contribution is 9.10. The summed E-state index contributed by atoms with van der Waals surface area (Å²) in [5, 5.41) is 6.22. The lowest BCUT2D eigenvalue weighted by Crippen LogP contribution is -2.35. The van der Waals surface area contributed by atoms with Gasteiger partial charge >= 0.3 is 6.09 Å². The van der Waals surface area contributed by atoms with Crippen molar-refractivity contribution in [3.63, 3.8) is 0 Å². The Kier molecular flexibility index (Phi) is 9.21. The number of amides is 2. The first-order valence-corrected chi connectivity index (χ1v) is 9.53. The summed E-state index contributed by atoms with van der Waals surface area (Å²) in [6, 6.07) is 12.6. The second-order valence-corrected chi connectivity index (χ2v) is 6.64. The average molecular weight is 474 g/mol. The second kappa shape index (κ2) is 12.1. The summed E-state index contributed by atoms with van der Waals surface area (Å²) in [6.45, 7) is -0.148. The van der Waals surface area contributed by atoms with Crippen LogP contribution in [0.5, 0.6) is 11.5 Å². The van der Waals surface area contributed by atoms with E-state index in [1.165, 1.54) is 13.3 Å². The first kappa shape index (κ1) is 22.8. The highest BCUT2D eigenvalue weighted by Gasteiger charge is 2.12. The summed E-state index contributed by atoms with van der Waals surface area (Å²) >= 11 is 3.36. The fourth-order valence-electron chi connectivity index (χ4n) is 2.24. The summed E-state index contributed by atoms with van der Waals surface area (Å²) < 4.78 is 16.5. The number of hydrogen-bond donors (Lipinski definition) is 2. The molecule has 0 fully saturated rings. The van der Waals surface area contributed by atoms with Gasteiger partial charge in [0.2, 0.25) is 0 Å². The van der Waals surface area contributed by atoms with Crippen LogP contribution in [0.2, 0.25) is 0 Å². The van der Waals surface area contributed by atoms with E-state index in [4.69, 9.17) is 20.6 Å². The molecule has 2 aromatic rings. The number of ether oxygens (including phenoxy) is 3. The smallest absolute Gasteiger partial charge is 0.407 e. The van der Waals surface area contributed by atoms with Crippen LogP contribution >= 0.6 is 15.9 Å². The van der Waals surface area contributed by atoms with Crippen molar-refractivity contribution in [2.45, 2.75) is 6.61 Å². The molecule has 0 heterocycles. The van der Waals surface area contributed by atoms with Crippen LogP contribution in [0, 0.1) is 12.3 Å². The molecule has 0 radical (unpaired) electrons. The van der Waals surface area contributed by atoms with Gasteiger partial charge in [-0.25, -0.2) is 10.2 Å². The van der Waals surface area contributed by atoms with E-state index in [-0.39, 0.29) is 19.8 Å². The summed E-state index contributed by atoms with van der Waals surface area (Å²) in [5.74, 6) is 2.69. The summed E-state index contributed by atoms with van der Waals surface area (Å²) in [5.41, 5.74) is 3.68. The van der Waals surface area contributed by atoms with Gasteiger partial charge in [-0.05, 0) is 17.7 Å². The lowest BCUT2D eigenvalue weighted by molar-refractivity contribution is -0.120. The number of methoxy groups -OCH3 is 1. The van der Waals surface area contributed by atoms with Crippen LogP contribution in [0.4, 0.5) is 4.79 Å². The number of alkyl carbamates (subject to hydrolysis) is 1. The van der Waals surface area contributed by atoms with Gasteiger partial charge in [-0.1, -0.05) is 52.2 Å². The number of benzene rings is 2. The van der Waals surface area contributed by atoms with E-state index in [9.17, 15) is 9.59 Å². The zero-order valence-electron chi connectivity index (χ0n) is 16.2. The van der Waals surface area contributed by atoms with E-state index in [0.717, 1.165) is 10.0 Å². The van der Waals surface area contributed by atoms with Crippen LogP contribution in [-0.4, -0.2) is 38.5 Å². The van der Waals surface area contributed by atoms with Gasteiger partial charge in [0.25, 0.3) is 5.91 Å². The molecular formula is C21H20BrN3O5. The Bertz CT molecular complexity index is 942. The van der Waals surface area contributed by atoms with E-state index in [2.05, 4.69) is 37.7 Å². The van der Waals surface area contributed by atoms with Gasteiger partial charge in [0, 0.05) is 10.0 Å². The second-order valence-electron chi connectivity index (χ2n) is 5.73. The molecule has 0 atom stereocenters. The minimum absolute atomic E-state index is 0.0419. The third-order valence-electron chi connectivity index (χ3n) is 3.57. The Balaban J connectivity index is 1.86. The molecule has 0 aliphatic heterocycles. The fraction of sp³-hybridized carbons (Fsp3) is 0.190. The molecule has 9 heteroatoms. The SMILES string of the molecule is C#CCOc1c(/C=N\NC(=O)CNC(=O)OCc2ccccc2)cc(Br)cc1OC. The van der Waals surface area contributed by atoms with Crippen LogP contribution in [-0.2, 0) is 16.1 Å². The predicted molar refractivity (Wildman–Crippen MR) is 115 cm³/mol. The van der Waals surface area contributed by atoms with Gasteiger partial charge in [0.1, 0.15) is 19.8 Å². The molecule has 156 valence electrons. The van der Waals surface area contributed by atoms with Crippen LogP contribution < -0.4 is 20.2 Å². The summed E-state index contributed by atoms with van der Waals surface area (Å²) in [7, 11) is 1.50. The average Bonchev–Trinajstić information content (AvgIpc) is 2.75. The first-order valence-electron chi connectivity index (χ1n) is 8.73. The van der Waals surface area contributed by atoms with Crippen molar-refractivity contribution in [2.24, 2.45) is 5.10 Å². The summed E-state index contributed by atoms with van der Waals surface area (Å²) in [6.07, 6.45) is 5.91. The van der Waals surface area contributed by atoms with Crippen LogP contribution in [0.3, 0.4) is 0 Å². The Labute approximate surface area is 182 Å². The van der Waals surface area contributed by atoms with Gasteiger partial charge in [-0.2, -0.15) is 5.10 Å². The van der Waals surface area contributed by atoms with E-state index in [1.807, 2.05) is 30.3 Å². The lowest BCUT2D eigenvalue weighted by atomic mass is 10.2. The normalized spacial score (nSPS) is 10.2. The fourth-order valence-corrected chi connectivity index (χ4v) is 2.70. The van der Waals surface area contributed by atoms with E-state index in [1.54, 1.807) is 12.1 Å². The Morgan fingerprint density at radius 2 is 2.03 bits per heavy atom. The molecule has 2 amide bonds. The highest BCUT2D eigenvalue weighted by Crippen LogP contribution is 2.33. The first-order chi connectivity index (χ1) is 14.5. The van der Waals surface area contributed by atoms with Gasteiger partial charge < -0.3 is 19.5 Å². The molecular weight excluding hydrogens is 454 g/mol. The van der Waals surface area contributed by atoms with Gasteiger partial charge in [0.15, 0.2) is 11.5 Å². The van der Waals surface area contributed by atoms with Gasteiger partial charge in [0.05, 0.1) is 13.3 Å². The van der Waals surface area contributed by atoms with Crippen molar-refractivity contribution < 1.29 is 23.8 Å². The standard InChI is InChI=1S/C21H20BrN3O5/c1-3-9-29-20-16(10-17(22)11-18(20)28-2)12-24-25-19(26)13-23-21(27)30-14-15-7-5-4-6-8-15/h1,4-8,10-12H,9,13-14H2,2H3,(H,23,27)(H,25,26)/b24-12-. The largest absolute Gasteiger partial charge is 0.493 e. The molecule has 30 heavy (non-hydrogen) atoms. The lowest BCUT2D eigenvalue weighted by Gasteiger charge is -2.12. The molecule has 2 aromatic carbocycles. The molecule has 2 N–H and O–H groups in total. The Hall–Kier alpha value is -3.51. The van der Waals surface area contributed by atoms with Crippen molar-refractivity contribution in [3.8, 4) is 23.8 Å². The number of terminal acetylenes is 1. The Morgan fingerprint density at radius 3 is 2.73 bits per heavy atom. The maximum Gasteiger partial charge on any atom is 0.407 e. The van der Waals surface area contributed by atoms with Crippen molar-refractivity contribution in [1.82, 2.24) is 10.7 Å². The molecule has 0 aliphatic carbocycles. The molecule has 0 bridgehead atoms. The molecule has 2 rings (SSSR count). The minimum atomic E-state index is -0.709. The monoisotopic (exact) mass is 473 g/mol. The molecule has 8 nitrogen and oxygen atoms in total.